The lowest BCUT2D eigenvalue weighted by molar-refractivity contribution is -0.153. The molecule has 0 rings (SSSR count). The summed E-state index contributed by atoms with van der Waals surface area (Å²) in [6, 6.07) is 0. The van der Waals surface area contributed by atoms with Gasteiger partial charge in [-0.25, -0.2) is 0 Å². The van der Waals surface area contributed by atoms with E-state index in [4.69, 9.17) is 0 Å². The van der Waals surface area contributed by atoms with Gasteiger partial charge >= 0.3 is 5.97 Å². The molecular formula is C18H32N2O4. The maximum Gasteiger partial charge on any atom is 0.304 e. The minimum Gasteiger partial charge on any atom is -0.481 e. The van der Waals surface area contributed by atoms with Crippen LogP contribution in [-0.2, 0) is 14.4 Å². The Bertz CT molecular complexity index is 486. The Labute approximate surface area is 145 Å². The zero-order valence-corrected chi connectivity index (χ0v) is 15.8. The quantitative estimate of drug-likeness (QED) is 0.467. The van der Waals surface area contributed by atoms with Gasteiger partial charge in [-0.2, -0.15) is 0 Å². The van der Waals surface area contributed by atoms with E-state index in [1.807, 2.05) is 41.5 Å². The lowest BCUT2D eigenvalue weighted by Gasteiger charge is -2.46. The van der Waals surface area contributed by atoms with Crippen LogP contribution in [-0.4, -0.2) is 36.0 Å². The highest BCUT2D eigenvalue weighted by Gasteiger charge is 2.51. The molecule has 1 unspecified atom stereocenters. The first kappa shape index (κ1) is 22.1. The summed E-state index contributed by atoms with van der Waals surface area (Å²) < 4.78 is 0. The lowest BCUT2D eigenvalue weighted by atomic mass is 9.58. The van der Waals surface area contributed by atoms with Crippen molar-refractivity contribution in [3.63, 3.8) is 0 Å². The van der Waals surface area contributed by atoms with Crippen molar-refractivity contribution < 1.29 is 19.5 Å². The summed E-state index contributed by atoms with van der Waals surface area (Å²) in [6.45, 7) is 15.5. The Morgan fingerprint density at radius 3 is 1.88 bits per heavy atom. The summed E-state index contributed by atoms with van der Waals surface area (Å²) in [5, 5.41) is 14.8. The minimum absolute atomic E-state index is 0.211. The summed E-state index contributed by atoms with van der Waals surface area (Å²) in [5.41, 5.74) is -1.79. The van der Waals surface area contributed by atoms with Crippen LogP contribution in [0.5, 0.6) is 0 Å². The van der Waals surface area contributed by atoms with Crippen LogP contribution >= 0.6 is 0 Å². The van der Waals surface area contributed by atoms with Crippen LogP contribution in [0.15, 0.2) is 12.7 Å². The molecule has 0 bridgehead atoms. The number of carbonyl (C=O) groups is 3. The van der Waals surface area contributed by atoms with Gasteiger partial charge in [0.2, 0.25) is 11.8 Å². The highest BCUT2D eigenvalue weighted by atomic mass is 16.4. The first-order chi connectivity index (χ1) is 10.7. The standard InChI is InChI=1S/C18H32N2O4/c1-8-13(21)19-9-10-20-15(24)18(11-14(22)23,17(5,6)7)12-16(2,3)4/h8H,1,9-12H2,2-7H3,(H,19,21)(H,20,24)(H,22,23). The number of carbonyl (C=O) groups excluding carboxylic acids is 2. The zero-order valence-electron chi connectivity index (χ0n) is 15.8. The molecule has 0 spiro atoms. The average Bonchev–Trinajstić information content (AvgIpc) is 2.38. The third-order valence-electron chi connectivity index (χ3n) is 4.05. The second kappa shape index (κ2) is 8.31. The van der Waals surface area contributed by atoms with E-state index in [-0.39, 0.29) is 36.7 Å². The number of hydrogen-bond acceptors (Lipinski definition) is 3. The monoisotopic (exact) mass is 340 g/mol. The molecule has 0 aliphatic carbocycles. The van der Waals surface area contributed by atoms with Crippen molar-refractivity contribution in [2.24, 2.45) is 16.2 Å². The van der Waals surface area contributed by atoms with E-state index in [2.05, 4.69) is 17.2 Å². The van der Waals surface area contributed by atoms with Gasteiger partial charge in [0, 0.05) is 13.1 Å². The van der Waals surface area contributed by atoms with Crippen LogP contribution in [0, 0.1) is 16.2 Å². The summed E-state index contributed by atoms with van der Waals surface area (Å²) in [4.78, 5) is 35.5. The van der Waals surface area contributed by atoms with Gasteiger partial charge in [-0.3, -0.25) is 14.4 Å². The van der Waals surface area contributed by atoms with Crippen molar-refractivity contribution in [3.8, 4) is 0 Å². The van der Waals surface area contributed by atoms with Crippen molar-refractivity contribution in [2.75, 3.05) is 13.1 Å². The predicted molar refractivity (Wildman–Crippen MR) is 94.4 cm³/mol. The molecule has 0 radical (unpaired) electrons. The van der Waals surface area contributed by atoms with Gasteiger partial charge in [0.25, 0.3) is 0 Å². The molecule has 2 amide bonds. The van der Waals surface area contributed by atoms with Crippen LogP contribution < -0.4 is 10.6 Å². The molecule has 0 aromatic heterocycles. The van der Waals surface area contributed by atoms with Gasteiger partial charge in [-0.1, -0.05) is 48.1 Å². The SMILES string of the molecule is C=CC(=O)NCCNC(=O)C(CC(=O)O)(CC(C)(C)C)C(C)(C)C. The van der Waals surface area contributed by atoms with Gasteiger partial charge in [-0.05, 0) is 23.3 Å². The highest BCUT2D eigenvalue weighted by molar-refractivity contribution is 5.88. The van der Waals surface area contributed by atoms with Crippen molar-refractivity contribution in [1.82, 2.24) is 10.6 Å². The van der Waals surface area contributed by atoms with E-state index in [9.17, 15) is 19.5 Å². The smallest absolute Gasteiger partial charge is 0.304 e. The van der Waals surface area contributed by atoms with E-state index in [1.54, 1.807) is 0 Å². The number of nitrogens with one attached hydrogen (secondary N) is 2. The first-order valence-electron chi connectivity index (χ1n) is 8.15. The molecule has 0 saturated carbocycles. The van der Waals surface area contributed by atoms with Crippen molar-refractivity contribution in [1.29, 1.82) is 0 Å². The fraction of sp³-hybridized carbons (Fsp3) is 0.722. The summed E-state index contributed by atoms with van der Waals surface area (Å²) >= 11 is 0. The number of carboxylic acid groups (broad SMARTS) is 1. The Balaban J connectivity index is 5.35. The predicted octanol–water partition coefficient (Wildman–Crippen LogP) is 2.35. The van der Waals surface area contributed by atoms with Crippen molar-refractivity contribution in [3.05, 3.63) is 12.7 Å². The molecule has 138 valence electrons. The molecule has 0 saturated heterocycles. The number of carboxylic acids is 1. The fourth-order valence-corrected chi connectivity index (χ4v) is 2.86. The molecule has 0 aromatic carbocycles. The lowest BCUT2D eigenvalue weighted by Crippen LogP contribution is -2.53. The highest BCUT2D eigenvalue weighted by Crippen LogP contribution is 2.49. The van der Waals surface area contributed by atoms with Gasteiger partial charge in [0.05, 0.1) is 11.8 Å². The molecule has 24 heavy (non-hydrogen) atoms. The third-order valence-corrected chi connectivity index (χ3v) is 4.05. The Morgan fingerprint density at radius 2 is 1.50 bits per heavy atom. The number of amides is 2. The number of rotatable bonds is 8. The molecule has 6 heteroatoms. The van der Waals surface area contributed by atoms with Crippen LogP contribution in [0.1, 0.15) is 54.4 Å². The van der Waals surface area contributed by atoms with E-state index in [1.165, 1.54) is 0 Å². The first-order valence-corrected chi connectivity index (χ1v) is 8.15. The van der Waals surface area contributed by atoms with E-state index in [0.29, 0.717) is 6.42 Å². The number of hydrogen-bond donors (Lipinski definition) is 3. The van der Waals surface area contributed by atoms with E-state index >= 15 is 0 Å². The van der Waals surface area contributed by atoms with Gasteiger partial charge in [-0.15, -0.1) is 0 Å². The van der Waals surface area contributed by atoms with Crippen molar-refractivity contribution >= 4 is 17.8 Å². The largest absolute Gasteiger partial charge is 0.481 e. The molecule has 0 fully saturated rings. The summed E-state index contributed by atoms with van der Waals surface area (Å²) in [5.74, 6) is -1.60. The van der Waals surface area contributed by atoms with E-state index < -0.39 is 16.8 Å². The molecule has 6 nitrogen and oxygen atoms in total. The summed E-state index contributed by atoms with van der Waals surface area (Å²) in [6.07, 6.45) is 1.37. The minimum atomic E-state index is -1.04. The van der Waals surface area contributed by atoms with Gasteiger partial charge in [0.15, 0.2) is 0 Å². The molecular weight excluding hydrogens is 308 g/mol. The maximum absolute atomic E-state index is 12.9. The van der Waals surface area contributed by atoms with E-state index in [0.717, 1.165) is 6.08 Å². The van der Waals surface area contributed by atoms with Crippen LogP contribution in [0.2, 0.25) is 0 Å². The number of aliphatic carboxylic acids is 1. The van der Waals surface area contributed by atoms with Gasteiger partial charge in [0.1, 0.15) is 0 Å². The second-order valence-electron chi connectivity index (χ2n) is 8.39. The van der Waals surface area contributed by atoms with Gasteiger partial charge < -0.3 is 15.7 Å². The maximum atomic E-state index is 12.9. The molecule has 0 aliphatic rings. The molecule has 0 aliphatic heterocycles. The molecule has 3 N–H and O–H groups in total. The average molecular weight is 340 g/mol. The Kier molecular flexibility index (Phi) is 7.67. The molecule has 1 atom stereocenters. The van der Waals surface area contributed by atoms with Crippen LogP contribution in [0.3, 0.4) is 0 Å². The van der Waals surface area contributed by atoms with Crippen LogP contribution in [0.4, 0.5) is 0 Å². The van der Waals surface area contributed by atoms with Crippen molar-refractivity contribution in [2.45, 2.75) is 54.4 Å². The molecule has 0 heterocycles. The Morgan fingerprint density at radius 1 is 1.00 bits per heavy atom. The van der Waals surface area contributed by atoms with Crippen LogP contribution in [0.25, 0.3) is 0 Å². The third kappa shape index (κ3) is 6.72. The summed E-state index contributed by atoms with van der Waals surface area (Å²) in [7, 11) is 0. The normalized spacial score (nSPS) is 14.4. The molecule has 0 aromatic rings. The topological polar surface area (TPSA) is 95.5 Å². The fourth-order valence-electron chi connectivity index (χ4n) is 2.86. The Hall–Kier alpha value is -1.85. The zero-order chi connectivity index (χ0) is 19.2. The second-order valence-corrected chi connectivity index (χ2v) is 8.39.